The number of nitro groups is 1. The molecule has 2 aromatic carbocycles. The molecule has 5 nitrogen and oxygen atoms in total. The Hall–Kier alpha value is -2.94. The maximum absolute atomic E-state index is 13.2. The number of anilines is 1. The van der Waals surface area contributed by atoms with Crippen molar-refractivity contribution in [3.8, 4) is 6.07 Å². The highest BCUT2D eigenvalue weighted by Gasteiger charge is 2.14. The van der Waals surface area contributed by atoms with E-state index in [1.807, 2.05) is 6.07 Å². The van der Waals surface area contributed by atoms with Gasteiger partial charge in [0.25, 0.3) is 5.69 Å². The van der Waals surface area contributed by atoms with Crippen molar-refractivity contribution in [2.45, 2.75) is 6.54 Å². The van der Waals surface area contributed by atoms with Crippen molar-refractivity contribution in [3.63, 3.8) is 0 Å². The second kappa shape index (κ2) is 5.80. The Morgan fingerprint density at radius 2 is 2.10 bits per heavy atom. The smallest absolute Gasteiger partial charge is 0.274 e. The molecule has 0 fully saturated rings. The van der Waals surface area contributed by atoms with Crippen molar-refractivity contribution in [1.29, 1.82) is 5.26 Å². The summed E-state index contributed by atoms with van der Waals surface area (Å²) >= 11 is 0. The first-order valence-corrected chi connectivity index (χ1v) is 5.77. The van der Waals surface area contributed by atoms with Crippen molar-refractivity contribution in [1.82, 2.24) is 0 Å². The third kappa shape index (κ3) is 3.09. The summed E-state index contributed by atoms with van der Waals surface area (Å²) in [6.07, 6.45) is 0. The lowest BCUT2D eigenvalue weighted by Gasteiger charge is -2.07. The molecule has 0 heterocycles. The van der Waals surface area contributed by atoms with Crippen LogP contribution < -0.4 is 5.32 Å². The van der Waals surface area contributed by atoms with Gasteiger partial charge >= 0.3 is 0 Å². The Balaban J connectivity index is 2.20. The first-order chi connectivity index (χ1) is 9.60. The van der Waals surface area contributed by atoms with Gasteiger partial charge in [0.15, 0.2) is 0 Å². The molecular formula is C14H10FN3O2. The third-order valence-electron chi connectivity index (χ3n) is 2.71. The molecule has 0 amide bonds. The van der Waals surface area contributed by atoms with Gasteiger partial charge in [-0.15, -0.1) is 0 Å². The average molecular weight is 271 g/mol. The molecule has 1 N–H and O–H groups in total. The van der Waals surface area contributed by atoms with E-state index in [9.17, 15) is 14.5 Å². The van der Waals surface area contributed by atoms with E-state index in [1.54, 1.807) is 24.3 Å². The number of nitro benzene ring substituents is 1. The van der Waals surface area contributed by atoms with Crippen LogP contribution in [0.2, 0.25) is 0 Å². The fourth-order valence-corrected chi connectivity index (χ4v) is 1.77. The van der Waals surface area contributed by atoms with E-state index in [2.05, 4.69) is 5.32 Å². The number of hydrogen-bond donors (Lipinski definition) is 1. The van der Waals surface area contributed by atoms with Crippen molar-refractivity contribution >= 4 is 11.4 Å². The van der Waals surface area contributed by atoms with E-state index >= 15 is 0 Å². The minimum Gasteiger partial charge on any atom is -0.381 e. The molecule has 0 saturated carbocycles. The van der Waals surface area contributed by atoms with Crippen LogP contribution in [0.4, 0.5) is 15.8 Å². The van der Waals surface area contributed by atoms with Gasteiger partial charge in [0.05, 0.1) is 22.1 Å². The van der Waals surface area contributed by atoms with Gasteiger partial charge in [-0.1, -0.05) is 6.07 Å². The second-order valence-electron chi connectivity index (χ2n) is 4.08. The molecule has 0 spiro atoms. The van der Waals surface area contributed by atoms with Gasteiger partial charge in [0.1, 0.15) is 5.82 Å². The van der Waals surface area contributed by atoms with Gasteiger partial charge < -0.3 is 5.32 Å². The number of nitriles is 1. The molecule has 0 aliphatic carbocycles. The molecule has 0 bridgehead atoms. The largest absolute Gasteiger partial charge is 0.381 e. The zero-order valence-corrected chi connectivity index (χ0v) is 10.3. The van der Waals surface area contributed by atoms with Gasteiger partial charge in [-0.3, -0.25) is 10.1 Å². The van der Waals surface area contributed by atoms with Crippen LogP contribution >= 0.6 is 0 Å². The van der Waals surface area contributed by atoms with E-state index in [0.717, 1.165) is 18.2 Å². The summed E-state index contributed by atoms with van der Waals surface area (Å²) in [4.78, 5) is 10.3. The van der Waals surface area contributed by atoms with Crippen LogP contribution in [0.3, 0.4) is 0 Å². The number of halogens is 1. The predicted molar refractivity (Wildman–Crippen MR) is 71.5 cm³/mol. The van der Waals surface area contributed by atoms with Crippen molar-refractivity contribution in [2.24, 2.45) is 0 Å². The molecule has 2 rings (SSSR count). The summed E-state index contributed by atoms with van der Waals surface area (Å²) in [5.41, 5.74) is 1.22. The molecule has 0 saturated heterocycles. The minimum atomic E-state index is -0.553. The van der Waals surface area contributed by atoms with E-state index < -0.39 is 10.7 Å². The van der Waals surface area contributed by atoms with E-state index in [-0.39, 0.29) is 17.8 Å². The minimum absolute atomic E-state index is 0.100. The standard InChI is InChI=1S/C14H10FN3O2/c15-12-4-5-14(18(19)20)11(7-12)9-17-13-3-1-2-10(6-13)8-16/h1-7,17H,9H2. The number of benzene rings is 2. The molecule has 100 valence electrons. The van der Waals surface area contributed by atoms with Crippen molar-refractivity contribution in [3.05, 3.63) is 69.5 Å². The highest BCUT2D eigenvalue weighted by Crippen LogP contribution is 2.21. The van der Waals surface area contributed by atoms with Gasteiger partial charge in [-0.2, -0.15) is 5.26 Å². The molecule has 0 unspecified atom stereocenters. The monoisotopic (exact) mass is 271 g/mol. The molecule has 2 aromatic rings. The van der Waals surface area contributed by atoms with Crippen molar-refractivity contribution < 1.29 is 9.31 Å². The second-order valence-corrected chi connectivity index (χ2v) is 4.08. The summed E-state index contributed by atoms with van der Waals surface area (Å²) in [5, 5.41) is 22.6. The van der Waals surface area contributed by atoms with Crippen LogP contribution in [0.1, 0.15) is 11.1 Å². The lowest BCUT2D eigenvalue weighted by atomic mass is 10.1. The molecule has 0 atom stereocenters. The fourth-order valence-electron chi connectivity index (χ4n) is 1.77. The Kier molecular flexibility index (Phi) is 3.91. The first-order valence-electron chi connectivity index (χ1n) is 5.77. The molecule has 0 aliphatic rings. The lowest BCUT2D eigenvalue weighted by molar-refractivity contribution is -0.385. The van der Waals surface area contributed by atoms with Crippen LogP contribution in [0.15, 0.2) is 42.5 Å². The Bertz CT molecular complexity index is 695. The van der Waals surface area contributed by atoms with E-state index in [1.165, 1.54) is 0 Å². The average Bonchev–Trinajstić information content (AvgIpc) is 2.45. The first kappa shape index (κ1) is 13.5. The highest BCUT2D eigenvalue weighted by atomic mass is 19.1. The van der Waals surface area contributed by atoms with Crippen molar-refractivity contribution in [2.75, 3.05) is 5.32 Å². The number of nitrogens with one attached hydrogen (secondary N) is 1. The zero-order valence-electron chi connectivity index (χ0n) is 10.3. The van der Waals surface area contributed by atoms with Gasteiger partial charge in [0, 0.05) is 18.3 Å². The van der Waals surface area contributed by atoms with Crippen LogP contribution in [0, 0.1) is 27.3 Å². The topological polar surface area (TPSA) is 79.0 Å². The predicted octanol–water partition coefficient (Wildman–Crippen LogP) is 3.22. The van der Waals surface area contributed by atoms with E-state index in [4.69, 9.17) is 5.26 Å². The van der Waals surface area contributed by atoms with Crippen LogP contribution in [0.5, 0.6) is 0 Å². The number of nitrogens with zero attached hydrogens (tertiary/aromatic N) is 2. The van der Waals surface area contributed by atoms with Crippen LogP contribution in [-0.2, 0) is 6.54 Å². The molecule has 0 radical (unpaired) electrons. The maximum Gasteiger partial charge on any atom is 0.274 e. The summed E-state index contributed by atoms with van der Waals surface area (Å²) in [7, 11) is 0. The molecule has 6 heteroatoms. The summed E-state index contributed by atoms with van der Waals surface area (Å²) < 4.78 is 13.2. The summed E-state index contributed by atoms with van der Waals surface area (Å²) in [6, 6.07) is 12.0. The molecule has 0 aliphatic heterocycles. The fraction of sp³-hybridized carbons (Fsp3) is 0.0714. The Labute approximate surface area is 114 Å². The normalized spacial score (nSPS) is 9.80. The van der Waals surface area contributed by atoms with Crippen LogP contribution in [0.25, 0.3) is 0 Å². The SMILES string of the molecule is N#Cc1cccc(NCc2cc(F)ccc2[N+](=O)[O-])c1. The lowest BCUT2D eigenvalue weighted by Crippen LogP contribution is -2.03. The summed E-state index contributed by atoms with van der Waals surface area (Å²) in [5.74, 6) is -0.529. The Morgan fingerprint density at radius 1 is 1.30 bits per heavy atom. The van der Waals surface area contributed by atoms with Gasteiger partial charge in [-0.05, 0) is 30.3 Å². The summed E-state index contributed by atoms with van der Waals surface area (Å²) in [6.45, 7) is 0.100. The Morgan fingerprint density at radius 3 is 2.80 bits per heavy atom. The van der Waals surface area contributed by atoms with E-state index in [0.29, 0.717) is 11.3 Å². The zero-order chi connectivity index (χ0) is 14.5. The van der Waals surface area contributed by atoms with Gasteiger partial charge in [-0.25, -0.2) is 4.39 Å². The molecule has 0 aromatic heterocycles. The molecular weight excluding hydrogens is 261 g/mol. The highest BCUT2D eigenvalue weighted by molar-refractivity contribution is 5.51. The maximum atomic E-state index is 13.2. The molecule has 20 heavy (non-hydrogen) atoms. The number of hydrogen-bond acceptors (Lipinski definition) is 4. The quantitative estimate of drug-likeness (QED) is 0.684. The van der Waals surface area contributed by atoms with Gasteiger partial charge in [0.2, 0.25) is 0 Å². The number of rotatable bonds is 4. The van der Waals surface area contributed by atoms with Crippen LogP contribution in [-0.4, -0.2) is 4.92 Å². The third-order valence-corrected chi connectivity index (χ3v) is 2.71.